The lowest BCUT2D eigenvalue weighted by Crippen LogP contribution is -1.86. The predicted octanol–water partition coefficient (Wildman–Crippen LogP) is 9.75. The first-order valence-electron chi connectivity index (χ1n) is 11.1. The van der Waals surface area contributed by atoms with Gasteiger partial charge in [0.15, 0.2) is 5.76 Å². The molecular formula is C30H16Cl2N2OS. The highest BCUT2D eigenvalue weighted by molar-refractivity contribution is 7.11. The minimum Gasteiger partial charge on any atom is -0.454 e. The third kappa shape index (κ3) is 4.19. The molecule has 0 N–H and O–H groups in total. The summed E-state index contributed by atoms with van der Waals surface area (Å²) in [7, 11) is 0. The highest BCUT2D eigenvalue weighted by Gasteiger charge is 2.15. The molecule has 6 heteroatoms. The number of furan rings is 1. The Bertz CT molecular complexity index is 1770. The molecule has 0 saturated heterocycles. The third-order valence-electron chi connectivity index (χ3n) is 5.96. The van der Waals surface area contributed by atoms with Gasteiger partial charge in [0.25, 0.3) is 0 Å². The van der Waals surface area contributed by atoms with Gasteiger partial charge in [-0.3, -0.25) is 0 Å². The fourth-order valence-electron chi connectivity index (χ4n) is 4.33. The van der Waals surface area contributed by atoms with Crippen LogP contribution in [0.25, 0.3) is 56.0 Å². The molecule has 0 spiro atoms. The molecule has 4 aromatic carbocycles. The zero-order valence-electron chi connectivity index (χ0n) is 18.7. The molecule has 0 amide bonds. The molecule has 2 heterocycles. The highest BCUT2D eigenvalue weighted by Crippen LogP contribution is 2.35. The Balaban J connectivity index is 1.41. The van der Waals surface area contributed by atoms with Crippen molar-refractivity contribution in [3.8, 4) is 28.8 Å². The molecule has 0 radical (unpaired) electrons. The topological polar surface area (TPSA) is 49.8 Å². The van der Waals surface area contributed by atoms with E-state index in [1.54, 1.807) is 18.2 Å². The predicted molar refractivity (Wildman–Crippen MR) is 150 cm³/mol. The summed E-state index contributed by atoms with van der Waals surface area (Å²) in [6, 6.07) is 30.0. The van der Waals surface area contributed by atoms with Crippen molar-refractivity contribution in [2.24, 2.45) is 0 Å². The molecule has 0 unspecified atom stereocenters. The molecule has 0 aliphatic rings. The third-order valence-corrected chi connectivity index (χ3v) is 7.27. The van der Waals surface area contributed by atoms with E-state index in [-0.39, 0.29) is 0 Å². The number of fused-ring (bicyclic) bond motifs is 2. The van der Waals surface area contributed by atoms with Crippen molar-refractivity contribution >= 4 is 67.7 Å². The zero-order valence-corrected chi connectivity index (χ0v) is 21.0. The Morgan fingerprint density at radius 1 is 0.833 bits per heavy atom. The Morgan fingerprint density at radius 2 is 1.47 bits per heavy atom. The van der Waals surface area contributed by atoms with E-state index >= 15 is 0 Å². The van der Waals surface area contributed by atoms with E-state index in [1.807, 2.05) is 47.9 Å². The van der Waals surface area contributed by atoms with Gasteiger partial charge >= 0.3 is 0 Å². The normalized spacial score (nSPS) is 11.8. The summed E-state index contributed by atoms with van der Waals surface area (Å²) in [6.07, 6.45) is 1.94. The largest absolute Gasteiger partial charge is 0.454 e. The summed E-state index contributed by atoms with van der Waals surface area (Å²) < 4.78 is 6.05. The first-order chi connectivity index (χ1) is 17.6. The van der Waals surface area contributed by atoms with Crippen molar-refractivity contribution in [3.05, 3.63) is 111 Å². The standard InChI is InChI=1S/C30H16Cl2N2OS/c31-22-12-20(13-23(32)15-22)28-9-10-29(35-28)27-17-36-30(34-27)21(16-33)14-26-24-7-3-1-5-18(24)11-19-6-2-4-8-25(19)26/h1-15,17H. The van der Waals surface area contributed by atoms with Crippen LogP contribution in [0.5, 0.6) is 0 Å². The summed E-state index contributed by atoms with van der Waals surface area (Å²) in [5.41, 5.74) is 2.96. The van der Waals surface area contributed by atoms with E-state index in [9.17, 15) is 5.26 Å². The van der Waals surface area contributed by atoms with Crippen LogP contribution in [0.1, 0.15) is 10.6 Å². The quantitative estimate of drug-likeness (QED) is 0.171. The number of allylic oxidation sites excluding steroid dienone is 1. The average molecular weight is 523 g/mol. The average Bonchev–Trinajstić information content (AvgIpc) is 3.56. The van der Waals surface area contributed by atoms with Crippen LogP contribution in [-0.2, 0) is 0 Å². The minimum absolute atomic E-state index is 0.501. The maximum absolute atomic E-state index is 10.1. The molecule has 6 rings (SSSR count). The fraction of sp³-hybridized carbons (Fsp3) is 0. The van der Waals surface area contributed by atoms with Crippen molar-refractivity contribution in [2.45, 2.75) is 0 Å². The van der Waals surface area contributed by atoms with Gasteiger partial charge in [0.05, 0.1) is 5.57 Å². The van der Waals surface area contributed by atoms with Crippen molar-refractivity contribution < 1.29 is 4.42 Å². The van der Waals surface area contributed by atoms with Crippen molar-refractivity contribution in [1.82, 2.24) is 4.98 Å². The molecule has 0 bridgehead atoms. The first-order valence-corrected chi connectivity index (χ1v) is 12.8. The number of hydrogen-bond acceptors (Lipinski definition) is 4. The number of rotatable bonds is 4. The van der Waals surface area contributed by atoms with Crippen LogP contribution in [-0.4, -0.2) is 4.98 Å². The number of benzene rings is 4. The minimum atomic E-state index is 0.501. The summed E-state index contributed by atoms with van der Waals surface area (Å²) in [4.78, 5) is 4.73. The van der Waals surface area contributed by atoms with Crippen LogP contribution in [0.4, 0.5) is 0 Å². The molecule has 0 aliphatic heterocycles. The Labute approximate surface area is 221 Å². The molecule has 0 saturated carbocycles. The lowest BCUT2D eigenvalue weighted by molar-refractivity contribution is 0.595. The van der Waals surface area contributed by atoms with Crippen LogP contribution in [0.3, 0.4) is 0 Å². The van der Waals surface area contributed by atoms with Gasteiger partial charge in [-0.25, -0.2) is 4.98 Å². The smallest absolute Gasteiger partial charge is 0.154 e. The molecule has 0 fully saturated rings. The zero-order chi connectivity index (χ0) is 24.6. The number of aromatic nitrogens is 1. The molecule has 2 aromatic heterocycles. The van der Waals surface area contributed by atoms with Crippen LogP contribution in [0.15, 0.2) is 94.7 Å². The second kappa shape index (κ2) is 9.29. The SMILES string of the molecule is N#CC(=Cc1c2ccccc2cc2ccccc12)c1nc(-c2ccc(-c3cc(Cl)cc(Cl)c3)o2)cs1. The van der Waals surface area contributed by atoms with Crippen LogP contribution in [0.2, 0.25) is 10.0 Å². The monoisotopic (exact) mass is 522 g/mol. The van der Waals surface area contributed by atoms with Crippen LogP contribution in [0, 0.1) is 11.3 Å². The lowest BCUT2D eigenvalue weighted by atomic mass is 9.95. The molecule has 0 atom stereocenters. The summed E-state index contributed by atoms with van der Waals surface area (Å²) >= 11 is 13.7. The van der Waals surface area contributed by atoms with E-state index in [1.165, 1.54) is 11.3 Å². The number of hydrogen-bond donors (Lipinski definition) is 0. The Hall–Kier alpha value is -3.88. The van der Waals surface area contributed by atoms with Gasteiger partial charge in [0.2, 0.25) is 0 Å². The van der Waals surface area contributed by atoms with E-state index in [0.717, 1.165) is 32.7 Å². The van der Waals surface area contributed by atoms with Gasteiger partial charge in [-0.05, 0) is 69.6 Å². The van der Waals surface area contributed by atoms with Crippen molar-refractivity contribution in [1.29, 1.82) is 5.26 Å². The van der Waals surface area contributed by atoms with E-state index in [4.69, 9.17) is 32.6 Å². The highest BCUT2D eigenvalue weighted by atomic mass is 35.5. The van der Waals surface area contributed by atoms with Crippen molar-refractivity contribution in [3.63, 3.8) is 0 Å². The number of thiazole rings is 1. The molecular weight excluding hydrogens is 507 g/mol. The first kappa shape index (κ1) is 22.6. The van der Waals surface area contributed by atoms with Crippen molar-refractivity contribution in [2.75, 3.05) is 0 Å². The van der Waals surface area contributed by atoms with Crippen LogP contribution >= 0.6 is 34.5 Å². The molecule has 0 aliphatic carbocycles. The van der Waals surface area contributed by atoms with Gasteiger partial charge in [0, 0.05) is 21.0 Å². The summed E-state index contributed by atoms with van der Waals surface area (Å²) in [6.45, 7) is 0. The number of nitriles is 1. The molecule has 3 nitrogen and oxygen atoms in total. The molecule has 36 heavy (non-hydrogen) atoms. The van der Waals surface area contributed by atoms with E-state index in [2.05, 4.69) is 36.4 Å². The van der Waals surface area contributed by atoms with Gasteiger partial charge in [0.1, 0.15) is 22.5 Å². The maximum Gasteiger partial charge on any atom is 0.154 e. The van der Waals surface area contributed by atoms with Gasteiger partial charge in [-0.1, -0.05) is 71.7 Å². The molecule has 6 aromatic rings. The van der Waals surface area contributed by atoms with Crippen LogP contribution < -0.4 is 0 Å². The number of nitrogens with zero attached hydrogens (tertiary/aromatic N) is 2. The van der Waals surface area contributed by atoms with E-state index in [0.29, 0.717) is 37.8 Å². The Morgan fingerprint density at radius 3 is 2.14 bits per heavy atom. The summed E-state index contributed by atoms with van der Waals surface area (Å²) in [5, 5.41) is 18.1. The molecule has 172 valence electrons. The number of halogens is 2. The Kier molecular flexibility index (Phi) is 5.83. The lowest BCUT2D eigenvalue weighted by Gasteiger charge is -2.08. The van der Waals surface area contributed by atoms with Gasteiger partial charge < -0.3 is 4.42 Å². The maximum atomic E-state index is 10.1. The van der Waals surface area contributed by atoms with Gasteiger partial charge in [-0.15, -0.1) is 11.3 Å². The summed E-state index contributed by atoms with van der Waals surface area (Å²) in [5.74, 6) is 1.25. The second-order valence-corrected chi connectivity index (χ2v) is 9.99. The second-order valence-electron chi connectivity index (χ2n) is 8.26. The van der Waals surface area contributed by atoms with E-state index < -0.39 is 0 Å². The van der Waals surface area contributed by atoms with Gasteiger partial charge in [-0.2, -0.15) is 5.26 Å². The fourth-order valence-corrected chi connectivity index (χ4v) is 5.63.